The van der Waals surface area contributed by atoms with E-state index in [1.54, 1.807) is 18.2 Å². The maximum Gasteiger partial charge on any atom is 0.416 e. The van der Waals surface area contributed by atoms with E-state index in [0.717, 1.165) is 18.2 Å². The van der Waals surface area contributed by atoms with Gasteiger partial charge in [-0.15, -0.1) is 0 Å². The average molecular weight is 264 g/mol. The highest BCUT2D eigenvalue weighted by molar-refractivity contribution is 5.47. The molecule has 0 aliphatic heterocycles. The number of aromatic nitrogens is 1. The molecule has 0 radical (unpaired) electrons. The molecule has 0 N–H and O–H groups in total. The Morgan fingerprint density at radius 1 is 1.21 bits per heavy atom. The highest BCUT2D eigenvalue weighted by Crippen LogP contribution is 2.33. The van der Waals surface area contributed by atoms with Crippen molar-refractivity contribution in [3.05, 3.63) is 53.9 Å². The fourth-order valence-corrected chi connectivity index (χ4v) is 1.42. The summed E-state index contributed by atoms with van der Waals surface area (Å²) < 4.78 is 42.8. The molecule has 6 heteroatoms. The van der Waals surface area contributed by atoms with Gasteiger partial charge in [-0.05, 0) is 30.3 Å². The molecule has 2 rings (SSSR count). The van der Waals surface area contributed by atoms with E-state index in [1.807, 2.05) is 0 Å². The molecular weight excluding hydrogens is 257 g/mol. The summed E-state index contributed by atoms with van der Waals surface area (Å²) in [5.41, 5.74) is -1.07. The lowest BCUT2D eigenvalue weighted by atomic mass is 10.1. The van der Waals surface area contributed by atoms with Crippen molar-refractivity contribution < 1.29 is 17.9 Å². The number of benzene rings is 1. The van der Waals surface area contributed by atoms with E-state index in [9.17, 15) is 13.2 Å². The van der Waals surface area contributed by atoms with Gasteiger partial charge in [-0.1, -0.05) is 0 Å². The summed E-state index contributed by atoms with van der Waals surface area (Å²) in [7, 11) is 0. The van der Waals surface area contributed by atoms with Crippen LogP contribution in [0.1, 0.15) is 11.1 Å². The molecule has 1 aromatic carbocycles. The highest BCUT2D eigenvalue weighted by Gasteiger charge is 2.31. The summed E-state index contributed by atoms with van der Waals surface area (Å²) in [6, 6.07) is 7.63. The van der Waals surface area contributed by atoms with Crippen LogP contribution in [0.2, 0.25) is 0 Å². The van der Waals surface area contributed by atoms with Gasteiger partial charge in [-0.2, -0.15) is 18.4 Å². The van der Waals surface area contributed by atoms with Crippen molar-refractivity contribution >= 4 is 0 Å². The molecule has 1 aromatic heterocycles. The topological polar surface area (TPSA) is 45.9 Å². The number of pyridine rings is 1. The van der Waals surface area contributed by atoms with Gasteiger partial charge in [0.25, 0.3) is 0 Å². The lowest BCUT2D eigenvalue weighted by Crippen LogP contribution is -2.05. The van der Waals surface area contributed by atoms with Crippen LogP contribution in [-0.2, 0) is 6.18 Å². The van der Waals surface area contributed by atoms with Crippen LogP contribution in [0.5, 0.6) is 11.5 Å². The average Bonchev–Trinajstić information content (AvgIpc) is 2.39. The van der Waals surface area contributed by atoms with Gasteiger partial charge >= 0.3 is 6.18 Å². The monoisotopic (exact) mass is 264 g/mol. The Labute approximate surface area is 106 Å². The van der Waals surface area contributed by atoms with Gasteiger partial charge in [0.2, 0.25) is 0 Å². The van der Waals surface area contributed by atoms with E-state index in [-0.39, 0.29) is 11.3 Å². The highest BCUT2D eigenvalue weighted by atomic mass is 19.4. The minimum atomic E-state index is -4.49. The lowest BCUT2D eigenvalue weighted by molar-refractivity contribution is -0.137. The van der Waals surface area contributed by atoms with Gasteiger partial charge < -0.3 is 4.74 Å². The molecule has 3 nitrogen and oxygen atoms in total. The number of hydrogen-bond donors (Lipinski definition) is 0. The summed E-state index contributed by atoms with van der Waals surface area (Å²) in [5, 5.41) is 8.87. The second kappa shape index (κ2) is 4.98. The van der Waals surface area contributed by atoms with Gasteiger partial charge in [0.15, 0.2) is 0 Å². The Morgan fingerprint density at radius 2 is 2.00 bits per heavy atom. The van der Waals surface area contributed by atoms with Crippen molar-refractivity contribution in [3.8, 4) is 17.6 Å². The Hall–Kier alpha value is -2.55. The van der Waals surface area contributed by atoms with Crippen LogP contribution in [0.25, 0.3) is 0 Å². The molecule has 0 spiro atoms. The first-order valence-electron chi connectivity index (χ1n) is 5.20. The molecule has 0 bridgehead atoms. The fourth-order valence-electron chi connectivity index (χ4n) is 1.42. The van der Waals surface area contributed by atoms with Gasteiger partial charge in [0.05, 0.1) is 17.3 Å². The molecule has 0 aliphatic rings. The molecular formula is C13H7F3N2O. The molecule has 0 unspecified atom stereocenters. The van der Waals surface area contributed by atoms with E-state index >= 15 is 0 Å². The molecule has 96 valence electrons. The van der Waals surface area contributed by atoms with Crippen molar-refractivity contribution in [1.29, 1.82) is 5.26 Å². The summed E-state index contributed by atoms with van der Waals surface area (Å²) >= 11 is 0. The number of alkyl halides is 3. The summed E-state index contributed by atoms with van der Waals surface area (Å²) in [6.45, 7) is 0. The SMILES string of the molecule is N#Cc1cc(C(F)(F)F)ccc1Oc1cccnc1. The van der Waals surface area contributed by atoms with Gasteiger partial charge in [-0.3, -0.25) is 4.98 Å². The third-order valence-corrected chi connectivity index (χ3v) is 2.29. The molecule has 0 aliphatic carbocycles. The van der Waals surface area contributed by atoms with Crippen molar-refractivity contribution in [1.82, 2.24) is 4.98 Å². The van der Waals surface area contributed by atoms with E-state index in [4.69, 9.17) is 10.00 Å². The summed E-state index contributed by atoms with van der Waals surface area (Å²) in [5.74, 6) is 0.405. The zero-order valence-corrected chi connectivity index (χ0v) is 9.48. The first kappa shape index (κ1) is 12.9. The van der Waals surface area contributed by atoms with Gasteiger partial charge in [-0.25, -0.2) is 0 Å². The summed E-state index contributed by atoms with van der Waals surface area (Å²) in [6.07, 6.45) is -1.55. The molecule has 2 aromatic rings. The van der Waals surface area contributed by atoms with Crippen molar-refractivity contribution in [2.75, 3.05) is 0 Å². The van der Waals surface area contributed by atoms with Crippen LogP contribution in [0.3, 0.4) is 0 Å². The number of rotatable bonds is 2. The Balaban J connectivity index is 2.35. The molecule has 0 amide bonds. The van der Waals surface area contributed by atoms with Crippen molar-refractivity contribution in [2.45, 2.75) is 6.18 Å². The van der Waals surface area contributed by atoms with Gasteiger partial charge in [0, 0.05) is 6.20 Å². The quantitative estimate of drug-likeness (QED) is 0.829. The minimum Gasteiger partial charge on any atom is -0.454 e. The second-order valence-electron chi connectivity index (χ2n) is 3.61. The Bertz CT molecular complexity index is 618. The molecule has 0 saturated heterocycles. The predicted octanol–water partition coefficient (Wildman–Crippen LogP) is 3.76. The predicted molar refractivity (Wildman–Crippen MR) is 60.5 cm³/mol. The third kappa shape index (κ3) is 3.01. The first-order valence-corrected chi connectivity index (χ1v) is 5.20. The smallest absolute Gasteiger partial charge is 0.416 e. The fraction of sp³-hybridized carbons (Fsp3) is 0.0769. The van der Waals surface area contributed by atoms with Crippen LogP contribution in [0.4, 0.5) is 13.2 Å². The minimum absolute atomic E-state index is 0.0588. The molecule has 0 atom stereocenters. The van der Waals surface area contributed by atoms with Crippen LogP contribution in [0, 0.1) is 11.3 Å². The van der Waals surface area contributed by atoms with Crippen molar-refractivity contribution in [3.63, 3.8) is 0 Å². The number of hydrogen-bond acceptors (Lipinski definition) is 3. The van der Waals surface area contributed by atoms with Crippen LogP contribution < -0.4 is 4.74 Å². The normalized spacial score (nSPS) is 10.8. The molecule has 0 fully saturated rings. The number of nitriles is 1. The maximum atomic E-state index is 12.5. The zero-order valence-electron chi connectivity index (χ0n) is 9.48. The lowest BCUT2D eigenvalue weighted by Gasteiger charge is -2.10. The van der Waals surface area contributed by atoms with Crippen LogP contribution >= 0.6 is 0 Å². The summed E-state index contributed by atoms with van der Waals surface area (Å²) in [4.78, 5) is 3.81. The van der Waals surface area contributed by atoms with E-state index in [0.29, 0.717) is 5.75 Å². The third-order valence-electron chi connectivity index (χ3n) is 2.29. The van der Waals surface area contributed by atoms with Crippen LogP contribution in [-0.4, -0.2) is 4.98 Å². The number of halogens is 3. The largest absolute Gasteiger partial charge is 0.454 e. The number of nitrogens with zero attached hydrogens (tertiary/aromatic N) is 2. The zero-order chi connectivity index (χ0) is 13.9. The Morgan fingerprint density at radius 3 is 2.58 bits per heavy atom. The first-order chi connectivity index (χ1) is 9.00. The second-order valence-corrected chi connectivity index (χ2v) is 3.61. The number of ether oxygens (including phenoxy) is 1. The van der Waals surface area contributed by atoms with Gasteiger partial charge in [0.1, 0.15) is 17.6 Å². The van der Waals surface area contributed by atoms with Crippen molar-refractivity contribution in [2.24, 2.45) is 0 Å². The maximum absolute atomic E-state index is 12.5. The Kier molecular flexibility index (Phi) is 3.38. The molecule has 1 heterocycles. The van der Waals surface area contributed by atoms with E-state index < -0.39 is 11.7 Å². The molecule has 19 heavy (non-hydrogen) atoms. The standard InChI is InChI=1S/C13H7F3N2O/c14-13(15,16)10-3-4-12(9(6-10)7-17)19-11-2-1-5-18-8-11/h1-6,8H. The van der Waals surface area contributed by atoms with Crippen LogP contribution in [0.15, 0.2) is 42.7 Å². The van der Waals surface area contributed by atoms with E-state index in [1.165, 1.54) is 12.4 Å². The van der Waals surface area contributed by atoms with E-state index in [2.05, 4.69) is 4.98 Å². The molecule has 0 saturated carbocycles.